The Morgan fingerprint density at radius 2 is 2.29 bits per heavy atom. The molecular weight excluding hydrogens is 236 g/mol. The standard InChI is InChI=1S/C12H17N2O2S/c1-12(2,3)17(15)14-10-4-6-13-8-9(10)11-5-7-16-11/h4,6,11H,5,7H2,1-3H3,(H,13,14). The maximum atomic E-state index is 12.0. The molecule has 0 aliphatic carbocycles. The molecule has 1 aromatic heterocycles. The van der Waals surface area contributed by atoms with Gasteiger partial charge in [0.1, 0.15) is 4.75 Å². The summed E-state index contributed by atoms with van der Waals surface area (Å²) in [5, 5.41) is 0. The molecule has 2 rings (SSSR count). The molecule has 4 nitrogen and oxygen atoms in total. The lowest BCUT2D eigenvalue weighted by atomic mass is 10.0. The van der Waals surface area contributed by atoms with Crippen molar-refractivity contribution >= 4 is 17.0 Å². The molecule has 1 radical (unpaired) electrons. The van der Waals surface area contributed by atoms with Gasteiger partial charge in [-0.25, -0.2) is 4.72 Å². The fourth-order valence-electron chi connectivity index (χ4n) is 1.42. The van der Waals surface area contributed by atoms with Crippen LogP contribution in [0.25, 0.3) is 0 Å². The Hall–Kier alpha value is -0.780. The third-order valence-corrected chi connectivity index (χ3v) is 4.09. The highest BCUT2D eigenvalue weighted by molar-refractivity contribution is 7.94. The second-order valence-corrected chi connectivity index (χ2v) is 6.98. The third-order valence-electron chi connectivity index (χ3n) is 2.57. The van der Waals surface area contributed by atoms with Gasteiger partial charge in [0, 0.05) is 18.2 Å². The molecule has 1 fully saturated rings. The Labute approximate surface area is 105 Å². The average Bonchev–Trinajstić information content (AvgIpc) is 2.16. The number of pyridine rings is 1. The van der Waals surface area contributed by atoms with Crippen LogP contribution in [0.2, 0.25) is 0 Å². The molecule has 0 amide bonds. The molecule has 0 spiro atoms. The summed E-state index contributed by atoms with van der Waals surface area (Å²) in [6.45, 7) is 6.57. The number of anilines is 1. The van der Waals surface area contributed by atoms with Gasteiger partial charge in [0.15, 0.2) is 0 Å². The molecule has 5 heteroatoms. The van der Waals surface area contributed by atoms with Gasteiger partial charge in [-0.3, -0.25) is 4.98 Å². The van der Waals surface area contributed by atoms with Crippen LogP contribution >= 0.6 is 0 Å². The summed E-state index contributed by atoms with van der Waals surface area (Å²) in [5.41, 5.74) is 1.68. The van der Waals surface area contributed by atoms with E-state index in [2.05, 4.69) is 15.9 Å². The van der Waals surface area contributed by atoms with E-state index in [-0.39, 0.29) is 10.9 Å². The van der Waals surface area contributed by atoms with Crippen molar-refractivity contribution in [2.45, 2.75) is 38.0 Å². The second-order valence-electron chi connectivity index (χ2n) is 5.02. The number of hydrogen-bond donors (Lipinski definition) is 1. The van der Waals surface area contributed by atoms with Gasteiger partial charge < -0.3 is 9.29 Å². The number of ether oxygens (including phenoxy) is 1. The molecule has 1 aromatic rings. The first-order chi connectivity index (χ1) is 7.98. The lowest BCUT2D eigenvalue weighted by Gasteiger charge is -2.29. The van der Waals surface area contributed by atoms with Crippen LogP contribution in [0.1, 0.15) is 38.9 Å². The van der Waals surface area contributed by atoms with Crippen LogP contribution in [0.3, 0.4) is 0 Å². The van der Waals surface area contributed by atoms with E-state index in [1.165, 1.54) is 0 Å². The predicted octanol–water partition coefficient (Wildman–Crippen LogP) is 2.22. The first-order valence-electron chi connectivity index (χ1n) is 5.65. The van der Waals surface area contributed by atoms with Gasteiger partial charge in [0.2, 0.25) is 0 Å². The quantitative estimate of drug-likeness (QED) is 0.839. The van der Waals surface area contributed by atoms with Crippen molar-refractivity contribution in [1.29, 1.82) is 0 Å². The molecule has 2 unspecified atom stereocenters. The Morgan fingerprint density at radius 3 is 2.82 bits per heavy atom. The largest absolute Gasteiger partial charge is 0.593 e. The number of hydrogen-bond acceptors (Lipinski definition) is 4. The maximum Gasteiger partial charge on any atom is 0.142 e. The van der Waals surface area contributed by atoms with E-state index >= 15 is 0 Å². The third kappa shape index (κ3) is 2.91. The Balaban J connectivity index is 2.15. The molecule has 0 saturated carbocycles. The van der Waals surface area contributed by atoms with E-state index in [9.17, 15) is 4.55 Å². The van der Waals surface area contributed by atoms with Crippen LogP contribution in [-0.2, 0) is 16.1 Å². The molecule has 1 aliphatic rings. The topological polar surface area (TPSA) is 57.2 Å². The van der Waals surface area contributed by atoms with Crippen molar-refractivity contribution < 1.29 is 9.29 Å². The molecule has 1 saturated heterocycles. The normalized spacial score (nSPS) is 21.8. The molecule has 2 atom stereocenters. The van der Waals surface area contributed by atoms with Crippen LogP contribution in [-0.4, -0.2) is 20.9 Å². The highest BCUT2D eigenvalue weighted by atomic mass is 32.2. The second kappa shape index (κ2) is 4.84. The van der Waals surface area contributed by atoms with E-state index in [0.717, 1.165) is 24.3 Å². The SMILES string of the molecule is CC(C)(C)[S+]([O-])Nc1ccn[c]c1C1CCO1. The molecule has 0 bridgehead atoms. The first kappa shape index (κ1) is 12.7. The summed E-state index contributed by atoms with van der Waals surface area (Å²) in [5.74, 6) is 0. The monoisotopic (exact) mass is 253 g/mol. The Bertz CT molecular complexity index is 388. The lowest BCUT2D eigenvalue weighted by molar-refractivity contribution is -0.0525. The van der Waals surface area contributed by atoms with Crippen LogP contribution in [0.5, 0.6) is 0 Å². The molecule has 0 aromatic carbocycles. The zero-order chi connectivity index (χ0) is 12.5. The average molecular weight is 253 g/mol. The van der Waals surface area contributed by atoms with Gasteiger partial charge in [-0.05, 0) is 26.8 Å². The molecule has 1 N–H and O–H groups in total. The predicted molar refractivity (Wildman–Crippen MR) is 67.9 cm³/mol. The van der Waals surface area contributed by atoms with E-state index in [1.54, 1.807) is 6.20 Å². The zero-order valence-corrected chi connectivity index (χ0v) is 11.1. The molecule has 1 aliphatic heterocycles. The van der Waals surface area contributed by atoms with Gasteiger partial charge in [-0.1, -0.05) is 0 Å². The Morgan fingerprint density at radius 1 is 1.59 bits per heavy atom. The summed E-state index contributed by atoms with van der Waals surface area (Å²) in [6.07, 6.45) is 5.58. The van der Waals surface area contributed by atoms with E-state index in [4.69, 9.17) is 4.74 Å². The van der Waals surface area contributed by atoms with E-state index in [0.29, 0.717) is 0 Å². The van der Waals surface area contributed by atoms with Crippen molar-refractivity contribution in [1.82, 2.24) is 4.98 Å². The number of nitrogens with one attached hydrogen (secondary N) is 1. The highest BCUT2D eigenvalue weighted by Gasteiger charge is 2.30. The summed E-state index contributed by atoms with van der Waals surface area (Å²) in [6, 6.07) is 1.82. The van der Waals surface area contributed by atoms with Crippen LogP contribution in [0.4, 0.5) is 5.69 Å². The molecular formula is C12H17N2O2S. The fourth-order valence-corrected chi connectivity index (χ4v) is 2.10. The smallest absolute Gasteiger partial charge is 0.142 e. The summed E-state index contributed by atoms with van der Waals surface area (Å²) >= 11 is -1.15. The minimum atomic E-state index is -1.15. The van der Waals surface area contributed by atoms with E-state index < -0.39 is 11.4 Å². The fraction of sp³-hybridized carbons (Fsp3) is 0.583. The molecule has 17 heavy (non-hydrogen) atoms. The lowest BCUT2D eigenvalue weighted by Crippen LogP contribution is -2.34. The number of nitrogens with zero attached hydrogens (tertiary/aromatic N) is 1. The zero-order valence-electron chi connectivity index (χ0n) is 10.3. The first-order valence-corrected chi connectivity index (χ1v) is 6.80. The van der Waals surface area contributed by atoms with Crippen LogP contribution < -0.4 is 4.72 Å². The van der Waals surface area contributed by atoms with Gasteiger partial charge in [0.25, 0.3) is 0 Å². The maximum absolute atomic E-state index is 12.0. The van der Waals surface area contributed by atoms with Crippen LogP contribution in [0.15, 0.2) is 12.3 Å². The van der Waals surface area contributed by atoms with Crippen molar-refractivity contribution in [3.63, 3.8) is 0 Å². The summed E-state index contributed by atoms with van der Waals surface area (Å²) < 4.78 is 20.2. The molecule has 2 heterocycles. The number of rotatable bonds is 3. The summed E-state index contributed by atoms with van der Waals surface area (Å²) in [4.78, 5) is 3.97. The van der Waals surface area contributed by atoms with Gasteiger partial charge >= 0.3 is 0 Å². The molecule has 93 valence electrons. The summed E-state index contributed by atoms with van der Waals surface area (Å²) in [7, 11) is 0. The number of aromatic nitrogens is 1. The van der Waals surface area contributed by atoms with Crippen LogP contribution in [0, 0.1) is 6.20 Å². The minimum absolute atomic E-state index is 0.0446. The van der Waals surface area contributed by atoms with Crippen molar-refractivity contribution in [2.24, 2.45) is 0 Å². The van der Waals surface area contributed by atoms with E-state index in [1.807, 2.05) is 26.8 Å². The van der Waals surface area contributed by atoms with Crippen molar-refractivity contribution in [2.75, 3.05) is 11.3 Å². The van der Waals surface area contributed by atoms with Gasteiger partial charge in [0.05, 0.1) is 36.0 Å². The van der Waals surface area contributed by atoms with Crippen molar-refractivity contribution in [3.8, 4) is 0 Å². The minimum Gasteiger partial charge on any atom is -0.593 e. The van der Waals surface area contributed by atoms with Crippen molar-refractivity contribution in [3.05, 3.63) is 24.0 Å². The van der Waals surface area contributed by atoms with Gasteiger partial charge in [-0.2, -0.15) is 0 Å². The Kier molecular flexibility index (Phi) is 3.61. The van der Waals surface area contributed by atoms with Gasteiger partial charge in [-0.15, -0.1) is 0 Å². The highest BCUT2D eigenvalue weighted by Crippen LogP contribution is 2.34.